The highest BCUT2D eigenvalue weighted by molar-refractivity contribution is 9.10. The minimum Gasteiger partial charge on any atom is -0.466 e. The zero-order valence-corrected chi connectivity index (χ0v) is 21.0. The second-order valence-electron chi connectivity index (χ2n) is 11.5. The molecule has 4 aliphatic rings. The van der Waals surface area contributed by atoms with Crippen molar-refractivity contribution in [2.24, 2.45) is 46.3 Å². The van der Waals surface area contributed by atoms with E-state index in [0.29, 0.717) is 41.5 Å². The van der Waals surface area contributed by atoms with E-state index >= 15 is 0 Å². The van der Waals surface area contributed by atoms with Gasteiger partial charge in [0.25, 0.3) is 0 Å². The predicted octanol–water partition coefficient (Wildman–Crippen LogP) is 6.57. The summed E-state index contributed by atoms with van der Waals surface area (Å²) in [6.07, 6.45) is 11.3. The number of carbonyl (C=O) groups excluding carboxylic acids is 2. The second kappa shape index (κ2) is 8.52. The van der Waals surface area contributed by atoms with Crippen molar-refractivity contribution in [3.63, 3.8) is 0 Å². The topological polar surface area (TPSA) is 43.4 Å². The Bertz CT molecular complexity index is 677. The van der Waals surface area contributed by atoms with Crippen LogP contribution >= 0.6 is 15.9 Å². The molecule has 3 nitrogen and oxygen atoms in total. The summed E-state index contributed by atoms with van der Waals surface area (Å²) >= 11 is 3.80. The first-order valence-electron chi connectivity index (χ1n) is 12.5. The SMILES string of the molecule is CCOC(=O)CC[C@@H](C)[C@H]1CCC2C3CC[C@@H]4[C@H](Br)C(=O)CC[C@]4(C)C3CC[C@@]21C. The first-order valence-corrected chi connectivity index (χ1v) is 13.5. The lowest BCUT2D eigenvalue weighted by molar-refractivity contribution is -0.143. The van der Waals surface area contributed by atoms with Crippen LogP contribution in [0, 0.1) is 46.3 Å². The molecule has 4 heteroatoms. The molecule has 0 aromatic carbocycles. The molecule has 0 heterocycles. The van der Waals surface area contributed by atoms with Gasteiger partial charge in [0.2, 0.25) is 0 Å². The highest BCUT2D eigenvalue weighted by atomic mass is 79.9. The van der Waals surface area contributed by atoms with Gasteiger partial charge in [0, 0.05) is 12.8 Å². The lowest BCUT2D eigenvalue weighted by atomic mass is 9.44. The van der Waals surface area contributed by atoms with Gasteiger partial charge in [0.1, 0.15) is 5.78 Å². The van der Waals surface area contributed by atoms with E-state index in [9.17, 15) is 9.59 Å². The molecule has 9 atom stereocenters. The van der Waals surface area contributed by atoms with Crippen molar-refractivity contribution >= 4 is 27.7 Å². The number of alkyl halides is 1. The van der Waals surface area contributed by atoms with Crippen LogP contribution in [0.1, 0.15) is 91.9 Å². The lowest BCUT2D eigenvalue weighted by Gasteiger charge is -2.61. The van der Waals surface area contributed by atoms with Crippen LogP contribution < -0.4 is 0 Å². The summed E-state index contributed by atoms with van der Waals surface area (Å²) in [5.41, 5.74) is 0.761. The molecular formula is C26H41BrO3. The van der Waals surface area contributed by atoms with Crippen LogP contribution in [-0.2, 0) is 14.3 Å². The summed E-state index contributed by atoms with van der Waals surface area (Å²) in [7, 11) is 0. The Hall–Kier alpha value is -0.380. The van der Waals surface area contributed by atoms with Crippen LogP contribution in [0.5, 0.6) is 0 Å². The maximum absolute atomic E-state index is 12.4. The smallest absolute Gasteiger partial charge is 0.305 e. The number of hydrogen-bond acceptors (Lipinski definition) is 3. The van der Waals surface area contributed by atoms with Crippen LogP contribution in [0.3, 0.4) is 0 Å². The normalized spacial score (nSPS) is 46.5. The fraction of sp³-hybridized carbons (Fsp3) is 0.923. The Labute approximate surface area is 191 Å². The number of ketones is 1. The van der Waals surface area contributed by atoms with Gasteiger partial charge in [-0.05, 0) is 105 Å². The number of halogens is 1. The van der Waals surface area contributed by atoms with Crippen LogP contribution in [0.25, 0.3) is 0 Å². The van der Waals surface area contributed by atoms with Crippen molar-refractivity contribution in [1.82, 2.24) is 0 Å². The van der Waals surface area contributed by atoms with Gasteiger partial charge in [0.05, 0.1) is 11.4 Å². The number of rotatable bonds is 5. The average Bonchev–Trinajstić information content (AvgIpc) is 3.07. The third kappa shape index (κ3) is 3.61. The second-order valence-corrected chi connectivity index (χ2v) is 12.5. The van der Waals surface area contributed by atoms with Gasteiger partial charge >= 0.3 is 5.97 Å². The molecule has 0 radical (unpaired) electrons. The van der Waals surface area contributed by atoms with Gasteiger partial charge in [-0.3, -0.25) is 9.59 Å². The third-order valence-electron chi connectivity index (χ3n) is 10.4. The van der Waals surface area contributed by atoms with Crippen LogP contribution in [0.15, 0.2) is 0 Å². The highest BCUT2D eigenvalue weighted by Gasteiger charge is 2.61. The van der Waals surface area contributed by atoms with Crippen molar-refractivity contribution in [1.29, 1.82) is 0 Å². The Morgan fingerprint density at radius 1 is 1.07 bits per heavy atom. The van der Waals surface area contributed by atoms with Gasteiger partial charge in [-0.25, -0.2) is 0 Å². The summed E-state index contributed by atoms with van der Waals surface area (Å²) in [4.78, 5) is 24.3. The van der Waals surface area contributed by atoms with Crippen molar-refractivity contribution in [3.8, 4) is 0 Å². The predicted molar refractivity (Wildman–Crippen MR) is 123 cm³/mol. The van der Waals surface area contributed by atoms with Gasteiger partial charge < -0.3 is 4.74 Å². The van der Waals surface area contributed by atoms with Gasteiger partial charge in [-0.15, -0.1) is 0 Å². The number of esters is 1. The van der Waals surface area contributed by atoms with Crippen LogP contribution in [0.2, 0.25) is 0 Å². The molecule has 0 N–H and O–H groups in total. The summed E-state index contributed by atoms with van der Waals surface area (Å²) in [5.74, 6) is 4.72. The summed E-state index contributed by atoms with van der Waals surface area (Å²) in [6, 6.07) is 0. The molecule has 4 rings (SSSR count). The number of fused-ring (bicyclic) bond motifs is 5. The quantitative estimate of drug-likeness (QED) is 0.330. The zero-order valence-electron chi connectivity index (χ0n) is 19.4. The zero-order chi connectivity index (χ0) is 21.7. The van der Waals surface area contributed by atoms with Crippen LogP contribution in [-0.4, -0.2) is 23.2 Å². The standard InChI is InChI=1S/C26H41BrO3/c1-5-30-23(29)11-6-16(2)18-9-10-19-17-7-8-21-24(27)22(28)13-15-26(21,4)20(17)12-14-25(18,19)3/h16-21,24H,5-15H2,1-4H3/t16-,17?,18-,19?,20?,21-,24+,25-,26-/m1/s1. The van der Waals surface area contributed by atoms with Crippen molar-refractivity contribution in [2.45, 2.75) is 96.7 Å². The number of ether oxygens (including phenoxy) is 1. The van der Waals surface area contributed by atoms with E-state index in [2.05, 4.69) is 36.7 Å². The maximum Gasteiger partial charge on any atom is 0.305 e. The Kier molecular flexibility index (Phi) is 6.48. The van der Waals surface area contributed by atoms with E-state index in [-0.39, 0.29) is 10.8 Å². The Balaban J connectivity index is 1.47. The molecular weight excluding hydrogens is 440 g/mol. The largest absolute Gasteiger partial charge is 0.466 e. The number of Topliss-reactive ketones (excluding diaryl/α,β-unsaturated/α-hetero) is 1. The molecule has 170 valence electrons. The Morgan fingerprint density at radius 2 is 1.77 bits per heavy atom. The summed E-state index contributed by atoms with van der Waals surface area (Å²) in [6.45, 7) is 9.85. The fourth-order valence-electron chi connectivity index (χ4n) is 8.85. The maximum atomic E-state index is 12.4. The molecule has 4 aliphatic carbocycles. The van der Waals surface area contributed by atoms with E-state index in [1.807, 2.05) is 6.92 Å². The van der Waals surface area contributed by atoms with E-state index in [4.69, 9.17) is 4.74 Å². The van der Waals surface area contributed by atoms with Gasteiger partial charge in [-0.1, -0.05) is 36.7 Å². The summed E-state index contributed by atoms with van der Waals surface area (Å²) < 4.78 is 5.17. The Morgan fingerprint density at radius 3 is 2.50 bits per heavy atom. The molecule has 30 heavy (non-hydrogen) atoms. The number of carbonyl (C=O) groups is 2. The first kappa shape index (κ1) is 22.8. The molecule has 0 saturated heterocycles. The molecule has 0 aliphatic heterocycles. The van der Waals surface area contributed by atoms with Gasteiger partial charge in [-0.2, -0.15) is 0 Å². The molecule has 0 amide bonds. The molecule has 0 aromatic heterocycles. The number of hydrogen-bond donors (Lipinski definition) is 0. The molecule has 4 saturated carbocycles. The molecule has 0 spiro atoms. The monoisotopic (exact) mass is 480 g/mol. The minimum absolute atomic E-state index is 0.0322. The lowest BCUT2D eigenvalue weighted by Crippen LogP contribution is -2.56. The molecule has 4 fully saturated rings. The van der Waals surface area contributed by atoms with E-state index in [1.165, 1.54) is 38.5 Å². The summed E-state index contributed by atoms with van der Waals surface area (Å²) in [5, 5.41) is 0. The fourth-order valence-corrected chi connectivity index (χ4v) is 9.94. The molecule has 0 bridgehead atoms. The van der Waals surface area contributed by atoms with E-state index < -0.39 is 0 Å². The average molecular weight is 482 g/mol. The van der Waals surface area contributed by atoms with Crippen molar-refractivity contribution < 1.29 is 14.3 Å². The van der Waals surface area contributed by atoms with Gasteiger partial charge in [0.15, 0.2) is 0 Å². The van der Waals surface area contributed by atoms with Crippen LogP contribution in [0.4, 0.5) is 0 Å². The first-order chi connectivity index (χ1) is 14.2. The van der Waals surface area contributed by atoms with Crippen molar-refractivity contribution in [3.05, 3.63) is 0 Å². The molecule has 0 aromatic rings. The molecule has 3 unspecified atom stereocenters. The van der Waals surface area contributed by atoms with E-state index in [0.717, 1.165) is 42.9 Å². The highest BCUT2D eigenvalue weighted by Crippen LogP contribution is 2.68. The van der Waals surface area contributed by atoms with E-state index in [1.54, 1.807) is 0 Å². The third-order valence-corrected chi connectivity index (χ3v) is 11.5. The van der Waals surface area contributed by atoms with Crippen molar-refractivity contribution in [2.75, 3.05) is 6.61 Å². The minimum atomic E-state index is -0.0322.